The quantitative estimate of drug-likeness (QED) is 0.625. The number of amides is 2. The van der Waals surface area contributed by atoms with Crippen LogP contribution in [0.15, 0.2) is 0 Å². The van der Waals surface area contributed by atoms with Crippen molar-refractivity contribution >= 4 is 12.0 Å². The second kappa shape index (κ2) is 8.66. The first kappa shape index (κ1) is 16.6. The Labute approximate surface area is 105 Å². The molecule has 1 unspecified atom stereocenters. The first-order valence-corrected chi connectivity index (χ1v) is 5.82. The summed E-state index contributed by atoms with van der Waals surface area (Å²) in [6.07, 6.45) is -1.99. The first-order valence-electron chi connectivity index (χ1n) is 5.82. The zero-order valence-electron chi connectivity index (χ0n) is 10.6. The minimum absolute atomic E-state index is 0.0483. The van der Waals surface area contributed by atoms with Gasteiger partial charge in [-0.15, -0.1) is 0 Å². The molecule has 0 saturated carbocycles. The molecule has 0 aromatic rings. The van der Waals surface area contributed by atoms with Crippen molar-refractivity contribution in [3.8, 4) is 0 Å². The number of halogens is 2. The van der Waals surface area contributed by atoms with Crippen LogP contribution in [0.1, 0.15) is 26.7 Å². The number of carboxylic acids is 1. The van der Waals surface area contributed by atoms with E-state index in [9.17, 15) is 18.4 Å². The highest BCUT2D eigenvalue weighted by Crippen LogP contribution is 2.14. The summed E-state index contributed by atoms with van der Waals surface area (Å²) in [4.78, 5) is 21.7. The van der Waals surface area contributed by atoms with Gasteiger partial charge in [0, 0.05) is 13.0 Å². The summed E-state index contributed by atoms with van der Waals surface area (Å²) in [5.74, 6) is -0.824. The molecule has 7 heteroatoms. The average molecular weight is 266 g/mol. The second-order valence-electron chi connectivity index (χ2n) is 4.58. The molecule has 0 aliphatic heterocycles. The Kier molecular flexibility index (Phi) is 7.98. The van der Waals surface area contributed by atoms with Gasteiger partial charge in [-0.05, 0) is 18.3 Å². The van der Waals surface area contributed by atoms with Crippen molar-refractivity contribution < 1.29 is 23.5 Å². The van der Waals surface area contributed by atoms with E-state index >= 15 is 0 Å². The topological polar surface area (TPSA) is 78.4 Å². The Morgan fingerprint density at radius 1 is 1.17 bits per heavy atom. The van der Waals surface area contributed by atoms with Gasteiger partial charge in [-0.3, -0.25) is 4.79 Å². The van der Waals surface area contributed by atoms with Crippen LogP contribution in [0.3, 0.4) is 0 Å². The third-order valence-electron chi connectivity index (χ3n) is 2.24. The number of rotatable bonds is 8. The Morgan fingerprint density at radius 2 is 1.72 bits per heavy atom. The van der Waals surface area contributed by atoms with Crippen molar-refractivity contribution in [1.82, 2.24) is 10.6 Å². The summed E-state index contributed by atoms with van der Waals surface area (Å²) in [5, 5.41) is 13.1. The Morgan fingerprint density at radius 3 is 2.17 bits per heavy atom. The molecular weight excluding hydrogens is 246 g/mol. The lowest BCUT2D eigenvalue weighted by Gasteiger charge is -2.17. The minimum atomic E-state index is -2.60. The Hall–Kier alpha value is -1.40. The number of carboxylic acid groups (broad SMARTS) is 1. The summed E-state index contributed by atoms with van der Waals surface area (Å²) < 4.78 is 23.6. The van der Waals surface area contributed by atoms with E-state index in [1.54, 1.807) is 0 Å². The van der Waals surface area contributed by atoms with Crippen LogP contribution in [-0.2, 0) is 4.79 Å². The normalized spacial score (nSPS) is 12.6. The maximum absolute atomic E-state index is 11.8. The number of alkyl halides is 2. The fourth-order valence-electron chi connectivity index (χ4n) is 1.62. The number of aliphatic carboxylic acids is 1. The third-order valence-corrected chi connectivity index (χ3v) is 2.24. The number of hydrogen-bond donors (Lipinski definition) is 3. The molecule has 0 bridgehead atoms. The molecule has 1 atom stereocenters. The van der Waals surface area contributed by atoms with Crippen molar-refractivity contribution in [1.29, 1.82) is 0 Å². The number of hydrogen-bond acceptors (Lipinski definition) is 2. The maximum atomic E-state index is 11.8. The lowest BCUT2D eigenvalue weighted by Crippen LogP contribution is -2.40. The monoisotopic (exact) mass is 266 g/mol. The summed E-state index contributed by atoms with van der Waals surface area (Å²) in [6, 6.07) is -0.700. The van der Waals surface area contributed by atoms with Gasteiger partial charge in [0.2, 0.25) is 0 Å². The van der Waals surface area contributed by atoms with E-state index in [1.807, 2.05) is 19.2 Å². The Bertz CT molecular complexity index is 273. The van der Waals surface area contributed by atoms with E-state index in [4.69, 9.17) is 5.11 Å². The third kappa shape index (κ3) is 9.80. The van der Waals surface area contributed by atoms with Crippen LogP contribution in [0.4, 0.5) is 13.6 Å². The van der Waals surface area contributed by atoms with Gasteiger partial charge >= 0.3 is 12.0 Å². The van der Waals surface area contributed by atoms with Gasteiger partial charge in [0.1, 0.15) is 0 Å². The van der Waals surface area contributed by atoms with Crippen molar-refractivity contribution in [2.24, 2.45) is 11.8 Å². The second-order valence-corrected chi connectivity index (χ2v) is 4.58. The van der Waals surface area contributed by atoms with E-state index < -0.39 is 25.0 Å². The van der Waals surface area contributed by atoms with Crippen molar-refractivity contribution in [2.45, 2.75) is 33.1 Å². The molecule has 3 N–H and O–H groups in total. The SMILES string of the molecule is CC(C)CC(CNC(=O)NCC(F)F)CC(=O)O. The molecule has 0 aliphatic rings. The van der Waals surface area contributed by atoms with Crippen LogP contribution < -0.4 is 10.6 Å². The molecule has 0 rings (SSSR count). The van der Waals surface area contributed by atoms with Gasteiger partial charge in [-0.2, -0.15) is 0 Å². The van der Waals surface area contributed by atoms with Crippen molar-refractivity contribution in [3.05, 3.63) is 0 Å². The van der Waals surface area contributed by atoms with E-state index in [1.165, 1.54) is 0 Å². The van der Waals surface area contributed by atoms with Crippen LogP contribution in [0, 0.1) is 11.8 Å². The standard InChI is InChI=1S/C11H20F2N2O3/c1-7(2)3-8(4-10(16)17)5-14-11(18)15-6-9(12)13/h7-9H,3-6H2,1-2H3,(H,16,17)(H2,14,15,18). The smallest absolute Gasteiger partial charge is 0.314 e. The number of carbonyl (C=O) groups is 2. The van der Waals surface area contributed by atoms with Crippen LogP contribution in [0.25, 0.3) is 0 Å². The van der Waals surface area contributed by atoms with E-state index in [0.717, 1.165) is 0 Å². The fraction of sp³-hybridized carbons (Fsp3) is 0.818. The van der Waals surface area contributed by atoms with Gasteiger partial charge in [0.25, 0.3) is 6.43 Å². The van der Waals surface area contributed by atoms with Gasteiger partial charge in [0.05, 0.1) is 6.54 Å². The molecule has 0 saturated heterocycles. The molecule has 0 heterocycles. The van der Waals surface area contributed by atoms with Gasteiger partial charge in [-0.25, -0.2) is 13.6 Å². The lowest BCUT2D eigenvalue weighted by atomic mass is 9.94. The zero-order chi connectivity index (χ0) is 14.1. The fourth-order valence-corrected chi connectivity index (χ4v) is 1.62. The number of urea groups is 1. The molecule has 0 aromatic carbocycles. The highest BCUT2D eigenvalue weighted by Gasteiger charge is 2.16. The molecule has 5 nitrogen and oxygen atoms in total. The average Bonchev–Trinajstić information content (AvgIpc) is 2.21. The van der Waals surface area contributed by atoms with Gasteiger partial charge < -0.3 is 15.7 Å². The molecule has 0 spiro atoms. The zero-order valence-corrected chi connectivity index (χ0v) is 10.6. The van der Waals surface area contributed by atoms with Crippen molar-refractivity contribution in [2.75, 3.05) is 13.1 Å². The summed E-state index contributed by atoms with van der Waals surface area (Å²) in [6.45, 7) is 3.36. The molecule has 0 aromatic heterocycles. The Balaban J connectivity index is 4.00. The predicted molar refractivity (Wildman–Crippen MR) is 62.6 cm³/mol. The first-order chi connectivity index (χ1) is 8.31. The van der Waals surface area contributed by atoms with Crippen molar-refractivity contribution in [3.63, 3.8) is 0 Å². The minimum Gasteiger partial charge on any atom is -0.481 e. The summed E-state index contributed by atoms with van der Waals surface area (Å²) in [5.41, 5.74) is 0. The number of nitrogens with one attached hydrogen (secondary N) is 2. The van der Waals surface area contributed by atoms with E-state index in [0.29, 0.717) is 12.3 Å². The summed E-state index contributed by atoms with van der Waals surface area (Å²) >= 11 is 0. The van der Waals surface area contributed by atoms with Crippen LogP contribution in [0.5, 0.6) is 0 Å². The summed E-state index contributed by atoms with van der Waals surface area (Å²) in [7, 11) is 0. The molecule has 18 heavy (non-hydrogen) atoms. The molecule has 0 fully saturated rings. The van der Waals surface area contributed by atoms with Crippen LogP contribution >= 0.6 is 0 Å². The van der Waals surface area contributed by atoms with E-state index in [2.05, 4.69) is 5.32 Å². The molecular formula is C11H20F2N2O3. The predicted octanol–water partition coefficient (Wildman–Crippen LogP) is 1.69. The molecule has 2 amide bonds. The highest BCUT2D eigenvalue weighted by molar-refractivity contribution is 5.74. The van der Waals surface area contributed by atoms with Gasteiger partial charge in [-0.1, -0.05) is 13.8 Å². The molecule has 106 valence electrons. The molecule has 0 aliphatic carbocycles. The maximum Gasteiger partial charge on any atom is 0.314 e. The van der Waals surface area contributed by atoms with Gasteiger partial charge in [0.15, 0.2) is 0 Å². The van der Waals surface area contributed by atoms with E-state index in [-0.39, 0.29) is 18.9 Å². The number of carbonyl (C=O) groups excluding carboxylic acids is 1. The molecule has 0 radical (unpaired) electrons. The lowest BCUT2D eigenvalue weighted by molar-refractivity contribution is -0.138. The largest absolute Gasteiger partial charge is 0.481 e. The highest BCUT2D eigenvalue weighted by atomic mass is 19.3. The van der Waals surface area contributed by atoms with Crippen LogP contribution in [0.2, 0.25) is 0 Å². The van der Waals surface area contributed by atoms with Crippen LogP contribution in [-0.4, -0.2) is 36.6 Å².